The van der Waals surface area contributed by atoms with Gasteiger partial charge in [-0.15, -0.1) is 0 Å². The molecule has 7 aromatic carbocycles. The van der Waals surface area contributed by atoms with Crippen molar-refractivity contribution < 1.29 is 0 Å². The molecule has 0 aliphatic heterocycles. The second-order valence-corrected chi connectivity index (χ2v) is 14.1. The molecular weight excluding hydrogens is 685 g/mol. The molecule has 0 fully saturated rings. The van der Waals surface area contributed by atoms with Gasteiger partial charge >= 0.3 is 0 Å². The molecule has 0 amide bonds. The largest absolute Gasteiger partial charge is 0.0988 e. The highest BCUT2D eigenvalue weighted by molar-refractivity contribution is 5.80. The van der Waals surface area contributed by atoms with E-state index in [1.165, 1.54) is 83.5 Å². The summed E-state index contributed by atoms with van der Waals surface area (Å²) in [6, 6.07) is 62.2. The van der Waals surface area contributed by atoms with Crippen molar-refractivity contribution in [1.82, 2.24) is 0 Å². The van der Waals surface area contributed by atoms with E-state index in [9.17, 15) is 0 Å². The van der Waals surface area contributed by atoms with Crippen molar-refractivity contribution in [3.63, 3.8) is 0 Å². The average molecular weight is 745 g/mol. The van der Waals surface area contributed by atoms with Crippen molar-refractivity contribution >= 4 is 5.57 Å². The fraction of sp³-hybridized carbons (Fsp3) is 0.158. The van der Waals surface area contributed by atoms with Crippen LogP contribution in [-0.2, 0) is 6.42 Å². The molecule has 0 radical (unpaired) electrons. The van der Waals surface area contributed by atoms with Gasteiger partial charge in [-0.05, 0) is 120 Å². The predicted octanol–water partition coefficient (Wildman–Crippen LogP) is 16.4. The topological polar surface area (TPSA) is 0 Å². The van der Waals surface area contributed by atoms with Gasteiger partial charge in [0.05, 0.1) is 0 Å². The maximum absolute atomic E-state index is 3.95. The Morgan fingerprint density at radius 3 is 1.63 bits per heavy atom. The first kappa shape index (κ1) is 43.5. The summed E-state index contributed by atoms with van der Waals surface area (Å²) in [5.74, 6) is 0. The summed E-state index contributed by atoms with van der Waals surface area (Å²) < 4.78 is 0. The molecule has 7 rings (SSSR count). The van der Waals surface area contributed by atoms with Crippen LogP contribution in [0.3, 0.4) is 0 Å². The number of hydrogen-bond donors (Lipinski definition) is 0. The van der Waals surface area contributed by atoms with E-state index in [2.05, 4.69) is 230 Å². The molecule has 0 aliphatic rings. The molecule has 57 heavy (non-hydrogen) atoms. The summed E-state index contributed by atoms with van der Waals surface area (Å²) in [6.07, 6.45) is 7.11. The van der Waals surface area contributed by atoms with Gasteiger partial charge in [0.1, 0.15) is 0 Å². The minimum atomic E-state index is 0.913. The van der Waals surface area contributed by atoms with Gasteiger partial charge in [-0.25, -0.2) is 0 Å². The van der Waals surface area contributed by atoms with E-state index in [4.69, 9.17) is 0 Å². The summed E-state index contributed by atoms with van der Waals surface area (Å²) in [4.78, 5) is 0. The number of rotatable bonds is 8. The Hall–Kier alpha value is -6.24. The lowest BCUT2D eigenvalue weighted by molar-refractivity contribution is 1.18. The number of allylic oxidation sites excluding steroid dienone is 5. The second-order valence-electron chi connectivity index (χ2n) is 14.1. The van der Waals surface area contributed by atoms with Crippen LogP contribution in [0.4, 0.5) is 0 Å². The Labute approximate surface area is 344 Å². The minimum absolute atomic E-state index is 0.913. The highest BCUT2D eigenvalue weighted by atomic mass is 14.1. The summed E-state index contributed by atoms with van der Waals surface area (Å²) in [7, 11) is 0. The summed E-state index contributed by atoms with van der Waals surface area (Å²) in [5.41, 5.74) is 19.5. The quantitative estimate of drug-likeness (QED) is 0.136. The van der Waals surface area contributed by atoms with Crippen LogP contribution in [0.15, 0.2) is 206 Å². The first-order valence-corrected chi connectivity index (χ1v) is 20.2. The highest BCUT2D eigenvalue weighted by Gasteiger charge is 2.09. The van der Waals surface area contributed by atoms with Gasteiger partial charge < -0.3 is 0 Å². The molecule has 0 nitrogen and oxygen atoms in total. The molecule has 288 valence electrons. The molecule has 0 unspecified atom stereocenters. The molecule has 0 N–H and O–H groups in total. The maximum Gasteiger partial charge on any atom is -0.00196 e. The van der Waals surface area contributed by atoms with Gasteiger partial charge in [-0.3, -0.25) is 0 Å². The third-order valence-corrected chi connectivity index (χ3v) is 9.78. The summed E-state index contributed by atoms with van der Waals surface area (Å²) >= 11 is 0. The van der Waals surface area contributed by atoms with Gasteiger partial charge in [0.15, 0.2) is 0 Å². The van der Waals surface area contributed by atoms with E-state index < -0.39 is 0 Å². The van der Waals surface area contributed by atoms with Gasteiger partial charge in [0.25, 0.3) is 0 Å². The van der Waals surface area contributed by atoms with E-state index >= 15 is 0 Å². The molecule has 0 saturated carbocycles. The van der Waals surface area contributed by atoms with Crippen molar-refractivity contribution in [2.75, 3.05) is 0 Å². The Balaban J connectivity index is 0.000000202. The van der Waals surface area contributed by atoms with E-state index in [-0.39, 0.29) is 0 Å². The van der Waals surface area contributed by atoms with Gasteiger partial charge in [-0.1, -0.05) is 226 Å². The van der Waals surface area contributed by atoms with Crippen molar-refractivity contribution in [3.05, 3.63) is 245 Å². The third kappa shape index (κ3) is 12.9. The SMILES string of the molecule is C=C/C(C)=C(\C=C/C)c1ccccc1Cc1ccc(-c2ccccc2)cc1.CC.Cc1ccc(C)c(-c2ccccc2C)c1.Cc1cccc(-c2ccccc2)c1. The molecular formula is C57H60. The molecule has 0 aromatic heterocycles. The third-order valence-electron chi connectivity index (χ3n) is 9.78. The molecule has 0 spiro atoms. The van der Waals surface area contributed by atoms with E-state index in [0.29, 0.717) is 0 Å². The van der Waals surface area contributed by atoms with E-state index in [1.54, 1.807) is 0 Å². The Kier molecular flexibility index (Phi) is 17.5. The Bertz CT molecular complexity index is 2340. The van der Waals surface area contributed by atoms with E-state index in [0.717, 1.165) is 6.42 Å². The molecule has 7 aromatic rings. The number of hydrogen-bond acceptors (Lipinski definition) is 0. The zero-order chi connectivity index (χ0) is 41.0. The van der Waals surface area contributed by atoms with Crippen LogP contribution < -0.4 is 0 Å². The van der Waals surface area contributed by atoms with Crippen LogP contribution in [-0.4, -0.2) is 0 Å². The van der Waals surface area contributed by atoms with Crippen LogP contribution in [0.1, 0.15) is 66.6 Å². The van der Waals surface area contributed by atoms with Gasteiger partial charge in [0.2, 0.25) is 0 Å². The van der Waals surface area contributed by atoms with Gasteiger partial charge in [0, 0.05) is 0 Å². The molecule has 0 heterocycles. The maximum atomic E-state index is 3.95. The first-order chi connectivity index (χ1) is 27.8. The molecule has 0 aliphatic carbocycles. The van der Waals surface area contributed by atoms with Crippen LogP contribution in [0.5, 0.6) is 0 Å². The Morgan fingerprint density at radius 1 is 0.491 bits per heavy atom. The lowest BCUT2D eigenvalue weighted by atomic mass is 9.91. The first-order valence-electron chi connectivity index (χ1n) is 20.2. The molecule has 0 saturated heterocycles. The van der Waals surface area contributed by atoms with E-state index in [1.807, 2.05) is 26.0 Å². The second kappa shape index (κ2) is 23.0. The Morgan fingerprint density at radius 2 is 1.02 bits per heavy atom. The lowest BCUT2D eigenvalue weighted by Gasteiger charge is -2.13. The van der Waals surface area contributed by atoms with Crippen LogP contribution in [0, 0.1) is 27.7 Å². The zero-order valence-corrected chi connectivity index (χ0v) is 35.4. The molecule has 0 bridgehead atoms. The monoisotopic (exact) mass is 744 g/mol. The molecule has 0 atom stereocenters. The van der Waals surface area contributed by atoms with Crippen molar-refractivity contribution in [2.24, 2.45) is 0 Å². The van der Waals surface area contributed by atoms with Crippen LogP contribution in [0.25, 0.3) is 39.0 Å². The van der Waals surface area contributed by atoms with Crippen LogP contribution >= 0.6 is 0 Å². The average Bonchev–Trinajstić information content (AvgIpc) is 3.26. The predicted molar refractivity (Wildman–Crippen MR) is 253 cm³/mol. The fourth-order valence-electron chi connectivity index (χ4n) is 6.67. The highest BCUT2D eigenvalue weighted by Crippen LogP contribution is 2.29. The fourth-order valence-corrected chi connectivity index (χ4v) is 6.67. The smallest absolute Gasteiger partial charge is 0.00196 e. The van der Waals surface area contributed by atoms with Gasteiger partial charge in [-0.2, -0.15) is 0 Å². The minimum Gasteiger partial charge on any atom is -0.0988 e. The normalized spacial score (nSPS) is 10.8. The van der Waals surface area contributed by atoms with Crippen LogP contribution in [0.2, 0.25) is 0 Å². The van der Waals surface area contributed by atoms with Crippen molar-refractivity contribution in [1.29, 1.82) is 0 Å². The number of benzene rings is 7. The standard InChI is InChI=1S/C27H26.C15H16.C13H12.C2H6/c1-4-11-26(21(3)5-2)27-15-10-9-14-25(27)20-22-16-18-24(19-17-22)23-12-7-6-8-13-23;1-11-8-9-13(3)15(10-11)14-7-5-4-6-12(14)2;1-11-6-5-9-13(10-11)12-7-3-2-4-8-12;1-2/h4-19H,2,20H2,1,3H3;4-10H,1-3H3;2-10H,1H3;1-2H3/b11-4-,26-21+;;;. The van der Waals surface area contributed by atoms with Crippen molar-refractivity contribution in [3.8, 4) is 33.4 Å². The van der Waals surface area contributed by atoms with Crippen molar-refractivity contribution in [2.45, 2.75) is 61.8 Å². The molecule has 0 heteroatoms. The lowest BCUT2D eigenvalue weighted by Crippen LogP contribution is -1.96. The zero-order valence-electron chi connectivity index (χ0n) is 35.4. The summed E-state index contributed by atoms with van der Waals surface area (Å²) in [5, 5.41) is 0. The number of aryl methyl sites for hydroxylation is 4. The summed E-state index contributed by atoms with van der Waals surface area (Å²) in [6.45, 7) is 20.7.